The van der Waals surface area contributed by atoms with E-state index in [0.29, 0.717) is 45.9 Å². The number of hydrogen-bond acceptors (Lipinski definition) is 6. The summed E-state index contributed by atoms with van der Waals surface area (Å²) < 4.78 is 11.3. The number of amides is 1. The van der Waals surface area contributed by atoms with Gasteiger partial charge in [-0.05, 0) is 66.5 Å². The van der Waals surface area contributed by atoms with Gasteiger partial charge in [0.15, 0.2) is 0 Å². The van der Waals surface area contributed by atoms with Crippen LogP contribution in [0.15, 0.2) is 68.6 Å². The molecule has 196 valence electrons. The van der Waals surface area contributed by atoms with E-state index < -0.39 is 5.97 Å². The van der Waals surface area contributed by atoms with Gasteiger partial charge >= 0.3 is 5.97 Å². The van der Waals surface area contributed by atoms with E-state index in [1.165, 1.54) is 4.88 Å². The molecule has 8 heteroatoms. The Kier molecular flexibility index (Phi) is 7.08. The van der Waals surface area contributed by atoms with Crippen molar-refractivity contribution in [1.82, 2.24) is 5.32 Å². The number of aliphatic imine (C=N–C) groups is 1. The van der Waals surface area contributed by atoms with E-state index in [0.717, 1.165) is 24.8 Å². The summed E-state index contributed by atoms with van der Waals surface area (Å²) in [6, 6.07) is 13.8. The van der Waals surface area contributed by atoms with Gasteiger partial charge in [-0.1, -0.05) is 39.0 Å². The number of fused-ring (bicyclic) bond motifs is 1. The maximum Gasteiger partial charge on any atom is 0.336 e. The monoisotopic (exact) mass is 530 g/mol. The molecule has 7 nitrogen and oxygen atoms in total. The maximum absolute atomic E-state index is 13.4. The van der Waals surface area contributed by atoms with Crippen molar-refractivity contribution in [3.63, 3.8) is 0 Å². The number of hydrogen-bond donors (Lipinski definition) is 2. The van der Waals surface area contributed by atoms with E-state index in [2.05, 4.69) is 26.1 Å². The number of carbonyl (C=O) groups excluding carboxylic acids is 1. The molecule has 38 heavy (non-hydrogen) atoms. The molecule has 1 amide bonds. The first-order chi connectivity index (χ1) is 18.2. The second-order valence-electron chi connectivity index (χ2n) is 10.6. The van der Waals surface area contributed by atoms with E-state index >= 15 is 0 Å². The Hall–Kier alpha value is -3.91. The van der Waals surface area contributed by atoms with E-state index in [1.54, 1.807) is 66.3 Å². The number of thiophene rings is 1. The SMILES string of the molecule is CC(C)(C)[C@H]1CCc2c(sc(N=Cc3ccc(-c4ccccc4C(=O)O)o3)c2C(=O)NCc2ccco2)C1. The highest BCUT2D eigenvalue weighted by molar-refractivity contribution is 7.16. The molecule has 3 aromatic heterocycles. The van der Waals surface area contributed by atoms with Gasteiger partial charge in [-0.2, -0.15) is 0 Å². The van der Waals surface area contributed by atoms with Crippen LogP contribution in [0.3, 0.4) is 0 Å². The van der Waals surface area contributed by atoms with E-state index in [-0.39, 0.29) is 16.9 Å². The third-order valence-electron chi connectivity index (χ3n) is 7.06. The number of carboxylic acid groups (broad SMARTS) is 1. The second kappa shape index (κ2) is 10.5. The van der Waals surface area contributed by atoms with E-state index in [1.807, 2.05) is 6.07 Å². The number of nitrogens with zero attached hydrogens (tertiary/aromatic N) is 1. The number of furan rings is 2. The highest BCUT2D eigenvalue weighted by Gasteiger charge is 2.33. The van der Waals surface area contributed by atoms with E-state index in [4.69, 9.17) is 13.8 Å². The van der Waals surface area contributed by atoms with Crippen LogP contribution in [0.2, 0.25) is 0 Å². The summed E-state index contributed by atoms with van der Waals surface area (Å²) in [7, 11) is 0. The number of rotatable bonds is 7. The molecule has 0 fully saturated rings. The lowest BCUT2D eigenvalue weighted by Gasteiger charge is -2.33. The van der Waals surface area contributed by atoms with Crippen molar-refractivity contribution in [2.45, 2.75) is 46.6 Å². The largest absolute Gasteiger partial charge is 0.478 e. The van der Waals surface area contributed by atoms with Gasteiger partial charge in [-0.25, -0.2) is 9.79 Å². The summed E-state index contributed by atoms with van der Waals surface area (Å²) in [5.74, 6) is 0.947. The van der Waals surface area contributed by atoms with Crippen LogP contribution in [0.1, 0.15) is 69.9 Å². The molecule has 0 aliphatic heterocycles. The molecule has 0 saturated heterocycles. The number of benzene rings is 1. The molecule has 1 aromatic carbocycles. The fraction of sp³-hybridized carbons (Fsp3) is 0.300. The summed E-state index contributed by atoms with van der Waals surface area (Å²) >= 11 is 1.56. The van der Waals surface area contributed by atoms with E-state index in [9.17, 15) is 14.7 Å². The second-order valence-corrected chi connectivity index (χ2v) is 11.6. The summed E-state index contributed by atoms with van der Waals surface area (Å²) in [6.07, 6.45) is 5.97. The summed E-state index contributed by atoms with van der Waals surface area (Å²) in [4.78, 5) is 30.9. The lowest BCUT2D eigenvalue weighted by molar-refractivity contribution is 0.0697. The van der Waals surface area contributed by atoms with Crippen LogP contribution < -0.4 is 5.32 Å². The fourth-order valence-corrected chi connectivity index (χ4v) is 6.15. The van der Waals surface area contributed by atoms with Gasteiger partial charge in [0.1, 0.15) is 22.3 Å². The molecule has 5 rings (SSSR count). The Morgan fingerprint density at radius 3 is 2.71 bits per heavy atom. The van der Waals surface area contributed by atoms with Gasteiger partial charge in [-0.15, -0.1) is 11.3 Å². The molecule has 1 aliphatic carbocycles. The van der Waals surface area contributed by atoms with Crippen molar-refractivity contribution in [2.75, 3.05) is 0 Å². The summed E-state index contributed by atoms with van der Waals surface area (Å²) in [5, 5.41) is 13.1. The maximum atomic E-state index is 13.4. The van der Waals surface area contributed by atoms with Crippen molar-refractivity contribution in [2.24, 2.45) is 16.3 Å². The molecular weight excluding hydrogens is 500 g/mol. The van der Waals surface area contributed by atoms with Gasteiger partial charge in [0, 0.05) is 10.4 Å². The molecular formula is C30H30N2O5S. The van der Waals surface area contributed by atoms with Crippen molar-refractivity contribution < 1.29 is 23.5 Å². The molecule has 0 bridgehead atoms. The highest BCUT2D eigenvalue weighted by Crippen LogP contribution is 2.45. The van der Waals surface area contributed by atoms with Crippen LogP contribution in [0.5, 0.6) is 0 Å². The lowest BCUT2D eigenvalue weighted by atomic mass is 9.72. The zero-order valence-corrected chi connectivity index (χ0v) is 22.4. The Morgan fingerprint density at radius 1 is 1.16 bits per heavy atom. The van der Waals surface area contributed by atoms with Crippen LogP contribution in [0, 0.1) is 11.3 Å². The first kappa shape index (κ1) is 25.7. The first-order valence-corrected chi connectivity index (χ1v) is 13.4. The summed E-state index contributed by atoms with van der Waals surface area (Å²) in [6.45, 7) is 7.10. The minimum Gasteiger partial charge on any atom is -0.478 e. The topological polar surface area (TPSA) is 105 Å². The van der Waals surface area contributed by atoms with Crippen molar-refractivity contribution in [1.29, 1.82) is 0 Å². The Morgan fingerprint density at radius 2 is 1.97 bits per heavy atom. The van der Waals surface area contributed by atoms with Crippen molar-refractivity contribution in [3.05, 3.63) is 87.9 Å². The van der Waals surface area contributed by atoms with Gasteiger partial charge in [0.2, 0.25) is 0 Å². The van der Waals surface area contributed by atoms with Crippen LogP contribution in [0.4, 0.5) is 5.00 Å². The average molecular weight is 531 g/mol. The fourth-order valence-electron chi connectivity index (χ4n) is 4.88. The van der Waals surface area contributed by atoms with Crippen LogP contribution in [-0.4, -0.2) is 23.2 Å². The molecule has 4 aromatic rings. The molecule has 0 spiro atoms. The molecule has 3 heterocycles. The number of carbonyl (C=O) groups is 2. The highest BCUT2D eigenvalue weighted by atomic mass is 32.1. The molecule has 1 atom stereocenters. The first-order valence-electron chi connectivity index (χ1n) is 12.6. The van der Waals surface area contributed by atoms with Gasteiger partial charge < -0.3 is 19.3 Å². The zero-order chi connectivity index (χ0) is 26.9. The third kappa shape index (κ3) is 5.36. The van der Waals surface area contributed by atoms with Gasteiger partial charge in [0.25, 0.3) is 5.91 Å². The molecule has 0 radical (unpaired) electrons. The third-order valence-corrected chi connectivity index (χ3v) is 8.22. The van der Waals surface area contributed by atoms with Crippen LogP contribution >= 0.6 is 11.3 Å². The quantitative estimate of drug-likeness (QED) is 0.247. The van der Waals surface area contributed by atoms with Crippen LogP contribution in [-0.2, 0) is 19.4 Å². The molecule has 2 N–H and O–H groups in total. The smallest absolute Gasteiger partial charge is 0.336 e. The van der Waals surface area contributed by atoms with Crippen molar-refractivity contribution in [3.8, 4) is 11.3 Å². The standard InChI is InChI=1S/C30H30N2O5S/c1-30(2,3)18-10-12-23-25(15-18)38-28(26(23)27(33)31-16-19-7-6-14-36-19)32-17-20-11-13-24(37-20)21-8-4-5-9-22(21)29(34)35/h4-9,11,13-14,17-18H,10,12,15-16H2,1-3H3,(H,31,33)(H,34,35)/t18-/m0/s1. The van der Waals surface area contributed by atoms with Crippen molar-refractivity contribution >= 4 is 34.4 Å². The summed E-state index contributed by atoms with van der Waals surface area (Å²) in [5.41, 5.74) is 2.54. The van der Waals surface area contributed by atoms with Crippen LogP contribution in [0.25, 0.3) is 11.3 Å². The number of carboxylic acids is 1. The minimum atomic E-state index is -1.02. The Balaban J connectivity index is 1.45. The van der Waals surface area contributed by atoms with Gasteiger partial charge in [0.05, 0.1) is 30.1 Å². The predicted molar refractivity (Wildman–Crippen MR) is 148 cm³/mol. The zero-order valence-electron chi connectivity index (χ0n) is 21.6. The lowest BCUT2D eigenvalue weighted by Crippen LogP contribution is -2.28. The normalized spacial score (nSPS) is 15.5. The molecule has 0 saturated carbocycles. The number of nitrogens with one attached hydrogen (secondary N) is 1. The predicted octanol–water partition coefficient (Wildman–Crippen LogP) is 7.13. The Labute approximate surface area is 225 Å². The Bertz CT molecular complexity index is 1490. The minimum absolute atomic E-state index is 0.167. The average Bonchev–Trinajstić information content (AvgIpc) is 3.65. The molecule has 0 unspecified atom stereocenters. The number of aromatic carboxylic acids is 1. The molecule has 1 aliphatic rings. The van der Waals surface area contributed by atoms with Gasteiger partial charge in [-0.3, -0.25) is 4.79 Å².